The highest BCUT2D eigenvalue weighted by atomic mass is 127. The summed E-state index contributed by atoms with van der Waals surface area (Å²) in [6, 6.07) is 8.11. The van der Waals surface area contributed by atoms with Crippen molar-refractivity contribution in [3.8, 4) is 10.6 Å². The Morgan fingerprint density at radius 2 is 2.29 bits per heavy atom. The van der Waals surface area contributed by atoms with Crippen LogP contribution in [0.4, 0.5) is 0 Å². The van der Waals surface area contributed by atoms with Gasteiger partial charge in [-0.2, -0.15) is 0 Å². The quantitative estimate of drug-likeness (QED) is 0.564. The summed E-state index contributed by atoms with van der Waals surface area (Å²) in [4.78, 5) is 22.4. The van der Waals surface area contributed by atoms with E-state index in [4.69, 9.17) is 4.74 Å². The van der Waals surface area contributed by atoms with Crippen LogP contribution in [0.2, 0.25) is 0 Å². The molecule has 0 unspecified atom stereocenters. The molecule has 2 heterocycles. The van der Waals surface area contributed by atoms with Gasteiger partial charge in [-0.1, -0.05) is 18.2 Å². The number of ether oxygens (including phenoxy) is 1. The van der Waals surface area contributed by atoms with Crippen molar-refractivity contribution in [2.24, 2.45) is 4.99 Å². The second-order valence-electron chi connectivity index (χ2n) is 5.21. The molecule has 0 radical (unpaired) electrons. The van der Waals surface area contributed by atoms with Gasteiger partial charge in [0, 0.05) is 31.1 Å². The van der Waals surface area contributed by atoms with Gasteiger partial charge in [0.05, 0.1) is 13.7 Å². The minimum atomic E-state index is -0.410. The Morgan fingerprint density at radius 3 is 3.00 bits per heavy atom. The Kier molecular flexibility index (Phi) is 6.55. The number of carbonyl (C=O) groups excluding carboxylic acids is 1. The summed E-state index contributed by atoms with van der Waals surface area (Å²) in [5.74, 6) is 0.519. The monoisotopic (exact) mass is 458 g/mol. The summed E-state index contributed by atoms with van der Waals surface area (Å²) in [7, 11) is 3.38. The van der Waals surface area contributed by atoms with E-state index in [0.717, 1.165) is 35.2 Å². The molecular weight excluding hydrogens is 439 g/mol. The standard InChI is InChI=1S/C16H18N4O2S.HI/c1-20-7-6-17-16(20)18-9-11-4-3-5-12(8-11)14-19-13(10-23-14)15(21)22-2;/h3-5,8,10H,6-7,9H2,1-2H3,(H,17,18);1H. The summed E-state index contributed by atoms with van der Waals surface area (Å²) in [6.45, 7) is 2.50. The Hall–Kier alpha value is -1.68. The van der Waals surface area contributed by atoms with Crippen LogP contribution in [0.25, 0.3) is 10.6 Å². The van der Waals surface area contributed by atoms with E-state index < -0.39 is 5.97 Å². The summed E-state index contributed by atoms with van der Waals surface area (Å²) in [6.07, 6.45) is 0. The van der Waals surface area contributed by atoms with Gasteiger partial charge in [0.25, 0.3) is 0 Å². The molecule has 0 saturated heterocycles. The number of nitrogens with zero attached hydrogens (tertiary/aromatic N) is 3. The molecular formula is C16H19IN4O2S. The van der Waals surface area contributed by atoms with E-state index in [2.05, 4.69) is 32.3 Å². The van der Waals surface area contributed by atoms with Gasteiger partial charge < -0.3 is 15.0 Å². The lowest BCUT2D eigenvalue weighted by atomic mass is 10.1. The first-order valence-electron chi connectivity index (χ1n) is 7.30. The number of carbonyl (C=O) groups is 1. The predicted molar refractivity (Wildman–Crippen MR) is 106 cm³/mol. The lowest BCUT2D eigenvalue weighted by Gasteiger charge is -2.15. The van der Waals surface area contributed by atoms with Gasteiger partial charge in [0.1, 0.15) is 5.01 Å². The summed E-state index contributed by atoms with van der Waals surface area (Å²) < 4.78 is 4.69. The third-order valence-corrected chi connectivity index (χ3v) is 4.47. The second kappa shape index (κ2) is 8.43. The Labute approximate surface area is 162 Å². The van der Waals surface area contributed by atoms with Gasteiger partial charge in [-0.3, -0.25) is 4.99 Å². The number of thiazole rings is 1. The van der Waals surface area contributed by atoms with Crippen LogP contribution in [0.3, 0.4) is 0 Å². The number of aromatic nitrogens is 1. The number of nitrogens with one attached hydrogen (secondary N) is 1. The maximum atomic E-state index is 11.5. The zero-order chi connectivity index (χ0) is 16.2. The van der Waals surface area contributed by atoms with Crippen molar-refractivity contribution in [3.63, 3.8) is 0 Å². The molecule has 0 saturated carbocycles. The van der Waals surface area contributed by atoms with Crippen molar-refractivity contribution in [2.45, 2.75) is 6.54 Å². The molecule has 1 aromatic heterocycles. The van der Waals surface area contributed by atoms with Gasteiger partial charge in [0.15, 0.2) is 11.7 Å². The highest BCUT2D eigenvalue weighted by molar-refractivity contribution is 14.0. The smallest absolute Gasteiger partial charge is 0.357 e. The van der Waals surface area contributed by atoms with Crippen molar-refractivity contribution in [3.05, 3.63) is 40.9 Å². The minimum absolute atomic E-state index is 0. The molecule has 1 aliphatic rings. The first kappa shape index (κ1) is 18.7. The van der Waals surface area contributed by atoms with Crippen LogP contribution in [0.15, 0.2) is 34.6 Å². The number of hydrogen-bond donors (Lipinski definition) is 1. The fourth-order valence-electron chi connectivity index (χ4n) is 2.32. The van der Waals surface area contributed by atoms with Gasteiger partial charge in [-0.05, 0) is 11.6 Å². The molecule has 128 valence electrons. The topological polar surface area (TPSA) is 66.8 Å². The number of esters is 1. The molecule has 0 aliphatic carbocycles. The number of hydrogen-bond acceptors (Lipinski definition) is 7. The van der Waals surface area contributed by atoms with Crippen molar-refractivity contribution < 1.29 is 9.53 Å². The molecule has 1 N–H and O–H groups in total. The third-order valence-electron chi connectivity index (χ3n) is 3.58. The van der Waals surface area contributed by atoms with Gasteiger partial charge >= 0.3 is 5.97 Å². The van der Waals surface area contributed by atoms with Gasteiger partial charge in [-0.25, -0.2) is 9.78 Å². The van der Waals surface area contributed by atoms with Crippen LogP contribution in [0, 0.1) is 0 Å². The lowest BCUT2D eigenvalue weighted by molar-refractivity contribution is 0.0595. The van der Waals surface area contributed by atoms with Crippen molar-refractivity contribution in [1.29, 1.82) is 0 Å². The first-order valence-corrected chi connectivity index (χ1v) is 8.18. The molecule has 1 aliphatic heterocycles. The van der Waals surface area contributed by atoms with Crippen molar-refractivity contribution >= 4 is 47.2 Å². The van der Waals surface area contributed by atoms with Crippen molar-refractivity contribution in [2.75, 3.05) is 27.2 Å². The van der Waals surface area contributed by atoms with E-state index in [1.807, 2.05) is 19.2 Å². The van der Waals surface area contributed by atoms with Crippen LogP contribution in [0.1, 0.15) is 16.1 Å². The zero-order valence-electron chi connectivity index (χ0n) is 13.5. The number of methoxy groups -OCH3 is 1. The molecule has 2 aromatic rings. The van der Waals surface area contributed by atoms with Gasteiger partial charge in [0.2, 0.25) is 0 Å². The summed E-state index contributed by atoms with van der Waals surface area (Å²) in [5.41, 5.74) is 2.48. The molecule has 3 rings (SSSR count). The van der Waals surface area contributed by atoms with E-state index >= 15 is 0 Å². The molecule has 0 spiro atoms. The Morgan fingerprint density at radius 1 is 1.46 bits per heavy atom. The number of guanidine groups is 1. The summed E-state index contributed by atoms with van der Waals surface area (Å²) >= 11 is 1.43. The molecule has 0 fully saturated rings. The van der Waals surface area contributed by atoms with Crippen molar-refractivity contribution in [1.82, 2.24) is 15.2 Å². The maximum Gasteiger partial charge on any atom is 0.357 e. The largest absolute Gasteiger partial charge is 0.464 e. The SMILES string of the molecule is COC(=O)c1csc(-c2cccc(CNC3=NCCN3C)c2)n1.I. The van der Waals surface area contributed by atoms with E-state index in [9.17, 15) is 4.79 Å². The molecule has 0 amide bonds. The normalized spacial score (nSPS) is 13.2. The average molecular weight is 458 g/mol. The fourth-order valence-corrected chi connectivity index (χ4v) is 3.11. The Balaban J connectivity index is 0.00000208. The number of rotatable bonds is 4. The van der Waals surface area contributed by atoms with Crippen LogP contribution in [-0.2, 0) is 11.3 Å². The fraction of sp³-hybridized carbons (Fsp3) is 0.312. The van der Waals surface area contributed by atoms with E-state index in [-0.39, 0.29) is 24.0 Å². The predicted octanol–water partition coefficient (Wildman–Crippen LogP) is 2.61. The van der Waals surface area contributed by atoms with Crippen LogP contribution in [-0.4, -0.2) is 49.1 Å². The number of aliphatic imine (C=N–C) groups is 1. The molecule has 0 atom stereocenters. The molecule has 24 heavy (non-hydrogen) atoms. The molecule has 8 heteroatoms. The van der Waals surface area contributed by atoms with Crippen LogP contribution < -0.4 is 5.32 Å². The van der Waals surface area contributed by atoms with E-state index in [0.29, 0.717) is 12.2 Å². The first-order chi connectivity index (χ1) is 11.2. The summed E-state index contributed by atoms with van der Waals surface area (Å²) in [5, 5.41) is 5.87. The Bertz CT molecular complexity index is 747. The minimum Gasteiger partial charge on any atom is -0.464 e. The molecule has 6 nitrogen and oxygen atoms in total. The highest BCUT2D eigenvalue weighted by Gasteiger charge is 2.13. The number of benzene rings is 1. The maximum absolute atomic E-state index is 11.5. The average Bonchev–Trinajstić information content (AvgIpc) is 3.22. The van der Waals surface area contributed by atoms with E-state index in [1.165, 1.54) is 18.4 Å². The molecule has 0 bridgehead atoms. The van der Waals surface area contributed by atoms with E-state index in [1.54, 1.807) is 5.38 Å². The zero-order valence-corrected chi connectivity index (χ0v) is 16.6. The third kappa shape index (κ3) is 4.23. The second-order valence-corrected chi connectivity index (χ2v) is 6.07. The lowest BCUT2D eigenvalue weighted by Crippen LogP contribution is -2.35. The molecule has 1 aromatic carbocycles. The van der Waals surface area contributed by atoms with Crippen LogP contribution in [0.5, 0.6) is 0 Å². The van der Waals surface area contributed by atoms with Crippen LogP contribution >= 0.6 is 35.3 Å². The number of halogens is 1. The van der Waals surface area contributed by atoms with Gasteiger partial charge in [-0.15, -0.1) is 35.3 Å². The number of likely N-dealkylation sites (N-methyl/N-ethyl adjacent to an activating group) is 1. The highest BCUT2D eigenvalue weighted by Crippen LogP contribution is 2.24.